The molecule has 0 spiro atoms. The van der Waals surface area contributed by atoms with Crippen LogP contribution in [0.1, 0.15) is 13.8 Å². The molecule has 0 aromatic heterocycles. The summed E-state index contributed by atoms with van der Waals surface area (Å²) in [6, 6.07) is 0.233. The molecule has 16 heavy (non-hydrogen) atoms. The van der Waals surface area contributed by atoms with Crippen molar-refractivity contribution in [2.24, 2.45) is 0 Å². The lowest BCUT2D eigenvalue weighted by Crippen LogP contribution is -2.57. The van der Waals surface area contributed by atoms with E-state index in [0.29, 0.717) is 12.1 Å². The lowest BCUT2D eigenvalue weighted by molar-refractivity contribution is -0.122. The van der Waals surface area contributed by atoms with Crippen molar-refractivity contribution in [2.45, 2.75) is 25.9 Å². The summed E-state index contributed by atoms with van der Waals surface area (Å²) in [5.41, 5.74) is 0. The first-order valence-electron chi connectivity index (χ1n) is 5.52. The van der Waals surface area contributed by atoms with Crippen LogP contribution in [-0.4, -0.2) is 55.6 Å². The summed E-state index contributed by atoms with van der Waals surface area (Å²) in [5.74, 6) is -0.264. The van der Waals surface area contributed by atoms with Crippen LogP contribution in [0.25, 0.3) is 0 Å². The van der Waals surface area contributed by atoms with E-state index in [0.717, 1.165) is 13.1 Å². The Morgan fingerprint density at radius 2 is 2.12 bits per heavy atom. The van der Waals surface area contributed by atoms with E-state index in [1.54, 1.807) is 0 Å². The number of carbonyl (C=O) groups excluding carboxylic acids is 2. The first-order chi connectivity index (χ1) is 7.52. The van der Waals surface area contributed by atoms with E-state index >= 15 is 0 Å². The molecule has 92 valence electrons. The zero-order valence-corrected chi connectivity index (χ0v) is 10.0. The van der Waals surface area contributed by atoms with Crippen molar-refractivity contribution in [2.75, 3.05) is 26.7 Å². The monoisotopic (exact) mass is 228 g/mol. The number of piperazine rings is 1. The van der Waals surface area contributed by atoms with Crippen molar-refractivity contribution >= 4 is 11.9 Å². The third-order valence-corrected chi connectivity index (χ3v) is 2.72. The predicted molar refractivity (Wildman–Crippen MR) is 61.1 cm³/mol. The molecule has 6 nitrogen and oxygen atoms in total. The van der Waals surface area contributed by atoms with Crippen molar-refractivity contribution in [3.05, 3.63) is 0 Å². The fraction of sp³-hybridized carbons (Fsp3) is 0.800. The number of nitrogens with one attached hydrogen (secondary N) is 3. The van der Waals surface area contributed by atoms with E-state index in [9.17, 15) is 9.59 Å². The van der Waals surface area contributed by atoms with Gasteiger partial charge in [0.05, 0.1) is 6.54 Å². The van der Waals surface area contributed by atoms with Crippen LogP contribution >= 0.6 is 0 Å². The van der Waals surface area contributed by atoms with Crippen molar-refractivity contribution < 1.29 is 9.59 Å². The summed E-state index contributed by atoms with van der Waals surface area (Å²) in [7, 11) is 1.48. The molecule has 3 N–H and O–H groups in total. The Kier molecular flexibility index (Phi) is 4.70. The van der Waals surface area contributed by atoms with E-state index < -0.39 is 6.03 Å². The lowest BCUT2D eigenvalue weighted by atomic mass is 10.1. The molecule has 1 heterocycles. The summed E-state index contributed by atoms with van der Waals surface area (Å²) >= 11 is 0. The molecular formula is C10H20N4O2. The molecule has 1 aliphatic heterocycles. The maximum absolute atomic E-state index is 11.5. The highest BCUT2D eigenvalue weighted by Gasteiger charge is 2.24. The van der Waals surface area contributed by atoms with Gasteiger partial charge in [0.25, 0.3) is 0 Å². The van der Waals surface area contributed by atoms with Crippen LogP contribution in [0.5, 0.6) is 0 Å². The van der Waals surface area contributed by atoms with E-state index in [1.807, 2.05) is 0 Å². The summed E-state index contributed by atoms with van der Waals surface area (Å²) in [4.78, 5) is 24.5. The Morgan fingerprint density at radius 3 is 2.75 bits per heavy atom. The predicted octanol–water partition coefficient (Wildman–Crippen LogP) is -0.876. The van der Waals surface area contributed by atoms with E-state index in [-0.39, 0.29) is 12.5 Å². The average Bonchev–Trinajstić information content (AvgIpc) is 2.23. The first kappa shape index (κ1) is 12.9. The molecule has 3 amide bonds. The molecule has 2 atom stereocenters. The summed E-state index contributed by atoms with van der Waals surface area (Å²) in [6.07, 6.45) is 0. The number of carbonyl (C=O) groups is 2. The maximum atomic E-state index is 11.5. The number of hydrogen-bond donors (Lipinski definition) is 3. The van der Waals surface area contributed by atoms with Gasteiger partial charge in [0.15, 0.2) is 0 Å². The van der Waals surface area contributed by atoms with Crippen LogP contribution in [0, 0.1) is 0 Å². The number of urea groups is 1. The summed E-state index contributed by atoms with van der Waals surface area (Å²) < 4.78 is 0. The molecule has 2 unspecified atom stereocenters. The van der Waals surface area contributed by atoms with Gasteiger partial charge in [-0.15, -0.1) is 0 Å². The van der Waals surface area contributed by atoms with Gasteiger partial charge in [0, 0.05) is 32.2 Å². The molecule has 0 radical (unpaired) electrons. The van der Waals surface area contributed by atoms with Gasteiger partial charge in [-0.1, -0.05) is 0 Å². The smallest absolute Gasteiger partial charge is 0.321 e. The normalized spacial score (nSPS) is 26.2. The summed E-state index contributed by atoms with van der Waals surface area (Å²) in [5, 5.41) is 7.95. The Balaban J connectivity index is 2.39. The quantitative estimate of drug-likeness (QED) is 0.574. The molecule has 0 aromatic carbocycles. The SMILES string of the molecule is CNC(=O)NC(=O)CN1CC(C)NCC1C. The van der Waals surface area contributed by atoms with Gasteiger partial charge in [-0.3, -0.25) is 15.0 Å². The van der Waals surface area contributed by atoms with Crippen LogP contribution in [-0.2, 0) is 4.79 Å². The van der Waals surface area contributed by atoms with Crippen molar-refractivity contribution in [3.63, 3.8) is 0 Å². The highest BCUT2D eigenvalue weighted by atomic mass is 16.2. The van der Waals surface area contributed by atoms with Gasteiger partial charge in [-0.05, 0) is 13.8 Å². The van der Waals surface area contributed by atoms with E-state index in [1.165, 1.54) is 7.05 Å². The van der Waals surface area contributed by atoms with Crippen LogP contribution in [0.4, 0.5) is 4.79 Å². The number of amides is 3. The molecule has 6 heteroatoms. The number of rotatable bonds is 2. The molecule has 1 aliphatic rings. The Hall–Kier alpha value is -1.14. The van der Waals surface area contributed by atoms with Gasteiger partial charge in [0.2, 0.25) is 5.91 Å². The topological polar surface area (TPSA) is 73.5 Å². The van der Waals surface area contributed by atoms with E-state index in [4.69, 9.17) is 0 Å². The van der Waals surface area contributed by atoms with Crippen LogP contribution in [0.3, 0.4) is 0 Å². The van der Waals surface area contributed by atoms with Crippen molar-refractivity contribution in [3.8, 4) is 0 Å². The highest BCUT2D eigenvalue weighted by molar-refractivity contribution is 5.95. The van der Waals surface area contributed by atoms with Gasteiger partial charge in [0.1, 0.15) is 0 Å². The fourth-order valence-electron chi connectivity index (χ4n) is 1.73. The van der Waals surface area contributed by atoms with Crippen LogP contribution < -0.4 is 16.0 Å². The van der Waals surface area contributed by atoms with Gasteiger partial charge in [-0.25, -0.2) is 4.79 Å². The molecule has 1 saturated heterocycles. The number of hydrogen-bond acceptors (Lipinski definition) is 4. The number of imide groups is 1. The minimum Gasteiger partial charge on any atom is -0.341 e. The minimum absolute atomic E-state index is 0.264. The second-order valence-corrected chi connectivity index (χ2v) is 4.22. The third kappa shape index (κ3) is 3.79. The lowest BCUT2D eigenvalue weighted by Gasteiger charge is -2.36. The second kappa shape index (κ2) is 5.81. The summed E-state index contributed by atoms with van der Waals surface area (Å²) in [6.45, 7) is 6.10. The van der Waals surface area contributed by atoms with Crippen LogP contribution in [0.2, 0.25) is 0 Å². The second-order valence-electron chi connectivity index (χ2n) is 4.22. The molecule has 0 saturated carbocycles. The highest BCUT2D eigenvalue weighted by Crippen LogP contribution is 2.05. The van der Waals surface area contributed by atoms with Crippen molar-refractivity contribution in [1.29, 1.82) is 0 Å². The fourth-order valence-corrected chi connectivity index (χ4v) is 1.73. The zero-order valence-electron chi connectivity index (χ0n) is 10.0. The minimum atomic E-state index is -0.458. The third-order valence-electron chi connectivity index (χ3n) is 2.72. The van der Waals surface area contributed by atoms with Gasteiger partial charge >= 0.3 is 6.03 Å². The number of nitrogens with zero attached hydrogens (tertiary/aromatic N) is 1. The average molecular weight is 228 g/mol. The Bertz CT molecular complexity index is 270. The van der Waals surface area contributed by atoms with Crippen molar-refractivity contribution in [1.82, 2.24) is 20.9 Å². The largest absolute Gasteiger partial charge is 0.341 e. The van der Waals surface area contributed by atoms with Gasteiger partial charge in [-0.2, -0.15) is 0 Å². The molecule has 1 fully saturated rings. The van der Waals surface area contributed by atoms with Crippen LogP contribution in [0.15, 0.2) is 0 Å². The van der Waals surface area contributed by atoms with Gasteiger partial charge < -0.3 is 10.6 Å². The van der Waals surface area contributed by atoms with E-state index in [2.05, 4.69) is 34.7 Å². The molecule has 0 bridgehead atoms. The zero-order chi connectivity index (χ0) is 12.1. The molecular weight excluding hydrogens is 208 g/mol. The molecule has 0 aromatic rings. The molecule has 0 aliphatic carbocycles. The Morgan fingerprint density at radius 1 is 1.44 bits per heavy atom. The maximum Gasteiger partial charge on any atom is 0.321 e. The first-order valence-corrected chi connectivity index (χ1v) is 5.52. The standard InChI is InChI=1S/C10H20N4O2/c1-7-5-14(8(2)4-12-7)6-9(15)13-10(16)11-3/h7-8,12H,4-6H2,1-3H3,(H2,11,13,15,16). The Labute approximate surface area is 95.8 Å². The molecule has 1 rings (SSSR count).